The molecule has 0 aliphatic heterocycles. The summed E-state index contributed by atoms with van der Waals surface area (Å²) in [5.74, 6) is -2.97. The van der Waals surface area contributed by atoms with Crippen LogP contribution in [-0.2, 0) is 9.59 Å². The zero-order valence-corrected chi connectivity index (χ0v) is 13.8. The molecular formula is C17H15ClF2N2O2. The largest absolute Gasteiger partial charge is 0.324 e. The molecule has 0 aliphatic rings. The van der Waals surface area contributed by atoms with Crippen LogP contribution in [-0.4, -0.2) is 18.4 Å². The van der Waals surface area contributed by atoms with Crippen LogP contribution in [0.1, 0.15) is 12.5 Å². The zero-order chi connectivity index (χ0) is 17.9. The van der Waals surface area contributed by atoms with Crippen LogP contribution >= 0.6 is 11.6 Å². The average Bonchev–Trinajstić information content (AvgIpc) is 2.51. The molecule has 0 spiro atoms. The highest BCUT2D eigenvalue weighted by molar-refractivity contribution is 6.31. The number of anilines is 2. The molecule has 2 rings (SSSR count). The summed E-state index contributed by atoms with van der Waals surface area (Å²) in [4.78, 5) is 25.3. The lowest BCUT2D eigenvalue weighted by atomic mass is 10.1. The molecule has 2 aromatic carbocycles. The first-order valence-electron chi connectivity index (χ1n) is 7.07. The van der Waals surface area contributed by atoms with E-state index < -0.39 is 17.5 Å². The second-order valence-corrected chi connectivity index (χ2v) is 5.57. The second kappa shape index (κ2) is 7.40. The number of hydrogen-bond donors (Lipinski definition) is 1. The van der Waals surface area contributed by atoms with Crippen molar-refractivity contribution in [3.63, 3.8) is 0 Å². The van der Waals surface area contributed by atoms with Crippen LogP contribution in [0.25, 0.3) is 0 Å². The molecule has 4 nitrogen and oxygen atoms in total. The highest BCUT2D eigenvalue weighted by Crippen LogP contribution is 2.26. The molecule has 0 heterocycles. The van der Waals surface area contributed by atoms with Crippen molar-refractivity contribution in [2.75, 3.05) is 16.8 Å². The van der Waals surface area contributed by atoms with E-state index in [1.165, 1.54) is 17.9 Å². The lowest BCUT2D eigenvalue weighted by Crippen LogP contribution is -2.37. The van der Waals surface area contributed by atoms with Gasteiger partial charge < -0.3 is 10.2 Å². The van der Waals surface area contributed by atoms with Crippen LogP contribution < -0.4 is 10.2 Å². The van der Waals surface area contributed by atoms with E-state index in [2.05, 4.69) is 5.32 Å². The van der Waals surface area contributed by atoms with E-state index in [1.54, 1.807) is 25.1 Å². The number of nitrogens with one attached hydrogen (secondary N) is 1. The highest BCUT2D eigenvalue weighted by atomic mass is 35.5. The fraction of sp³-hybridized carbons (Fsp3) is 0.176. The van der Waals surface area contributed by atoms with Crippen molar-refractivity contribution in [3.8, 4) is 0 Å². The third-order valence-electron chi connectivity index (χ3n) is 3.42. The summed E-state index contributed by atoms with van der Waals surface area (Å²) < 4.78 is 26.1. The Morgan fingerprint density at radius 2 is 1.88 bits per heavy atom. The van der Waals surface area contributed by atoms with Crippen LogP contribution in [0.5, 0.6) is 0 Å². The zero-order valence-electron chi connectivity index (χ0n) is 13.1. The van der Waals surface area contributed by atoms with Gasteiger partial charge >= 0.3 is 0 Å². The minimum absolute atomic E-state index is 0.102. The van der Waals surface area contributed by atoms with Gasteiger partial charge in [0.25, 0.3) is 0 Å². The van der Waals surface area contributed by atoms with Gasteiger partial charge in [0.05, 0.1) is 0 Å². The Hall–Kier alpha value is -2.47. The van der Waals surface area contributed by atoms with Crippen LogP contribution in [0.15, 0.2) is 36.4 Å². The van der Waals surface area contributed by atoms with Gasteiger partial charge in [0.15, 0.2) is 11.6 Å². The molecule has 0 radical (unpaired) electrons. The first kappa shape index (κ1) is 17.9. The first-order valence-corrected chi connectivity index (χ1v) is 7.45. The first-order chi connectivity index (χ1) is 11.3. The summed E-state index contributed by atoms with van der Waals surface area (Å²) in [6.07, 6.45) is 0. The maximum atomic E-state index is 13.2. The van der Waals surface area contributed by atoms with Gasteiger partial charge in [-0.2, -0.15) is 0 Å². The topological polar surface area (TPSA) is 49.4 Å². The third-order valence-corrected chi connectivity index (χ3v) is 3.82. The van der Waals surface area contributed by atoms with Gasteiger partial charge in [-0.25, -0.2) is 8.78 Å². The van der Waals surface area contributed by atoms with Crippen LogP contribution in [0, 0.1) is 18.6 Å². The molecule has 1 N–H and O–H groups in total. The minimum atomic E-state index is -1.07. The molecule has 7 heteroatoms. The number of halogens is 3. The average molecular weight is 353 g/mol. The molecule has 0 saturated carbocycles. The maximum absolute atomic E-state index is 13.2. The predicted octanol–water partition coefficient (Wildman–Crippen LogP) is 3.92. The monoisotopic (exact) mass is 352 g/mol. The number of rotatable bonds is 4. The van der Waals surface area contributed by atoms with Gasteiger partial charge in [-0.15, -0.1) is 0 Å². The Bertz CT molecular complexity index is 796. The van der Waals surface area contributed by atoms with Crippen LogP contribution in [0.3, 0.4) is 0 Å². The molecule has 0 aliphatic carbocycles. The molecule has 0 aromatic heterocycles. The van der Waals surface area contributed by atoms with Gasteiger partial charge in [-0.3, -0.25) is 9.59 Å². The number of amides is 2. The Morgan fingerprint density at radius 3 is 2.50 bits per heavy atom. The van der Waals surface area contributed by atoms with E-state index in [0.717, 1.165) is 12.1 Å². The number of benzene rings is 2. The second-order valence-electron chi connectivity index (χ2n) is 5.17. The summed E-state index contributed by atoms with van der Waals surface area (Å²) in [6, 6.07) is 8.05. The van der Waals surface area contributed by atoms with E-state index in [9.17, 15) is 18.4 Å². The third kappa shape index (κ3) is 4.08. The van der Waals surface area contributed by atoms with Crippen molar-refractivity contribution in [3.05, 3.63) is 58.6 Å². The van der Waals surface area contributed by atoms with Gasteiger partial charge in [0, 0.05) is 29.4 Å². The van der Waals surface area contributed by atoms with E-state index in [-0.39, 0.29) is 18.1 Å². The summed E-state index contributed by atoms with van der Waals surface area (Å²) in [5.41, 5.74) is 1.27. The van der Waals surface area contributed by atoms with Gasteiger partial charge in [-0.05, 0) is 36.8 Å². The van der Waals surface area contributed by atoms with Crippen molar-refractivity contribution in [2.45, 2.75) is 13.8 Å². The molecule has 24 heavy (non-hydrogen) atoms. The number of carbonyl (C=O) groups excluding carboxylic acids is 2. The molecular weight excluding hydrogens is 338 g/mol. The molecule has 2 amide bonds. The minimum Gasteiger partial charge on any atom is -0.324 e. The van der Waals surface area contributed by atoms with Crippen LogP contribution in [0.4, 0.5) is 20.2 Å². The fourth-order valence-corrected chi connectivity index (χ4v) is 2.34. The Kier molecular flexibility index (Phi) is 5.51. The van der Waals surface area contributed by atoms with Crippen molar-refractivity contribution in [1.29, 1.82) is 0 Å². The van der Waals surface area contributed by atoms with Crippen molar-refractivity contribution in [1.82, 2.24) is 0 Å². The molecule has 126 valence electrons. The lowest BCUT2D eigenvalue weighted by Gasteiger charge is -2.23. The summed E-state index contributed by atoms with van der Waals surface area (Å²) in [5, 5.41) is 2.90. The summed E-state index contributed by atoms with van der Waals surface area (Å²) in [7, 11) is 0. The van der Waals surface area contributed by atoms with E-state index in [4.69, 9.17) is 11.6 Å². The normalized spacial score (nSPS) is 10.4. The SMILES string of the molecule is CC(=O)N(CC(=O)Nc1ccc(F)c(F)c1)c1cccc(Cl)c1C. The quantitative estimate of drug-likeness (QED) is 0.906. The molecule has 0 saturated heterocycles. The molecule has 0 unspecified atom stereocenters. The molecule has 2 aromatic rings. The summed E-state index contributed by atoms with van der Waals surface area (Å²) >= 11 is 6.05. The molecule has 0 bridgehead atoms. The highest BCUT2D eigenvalue weighted by Gasteiger charge is 2.19. The maximum Gasteiger partial charge on any atom is 0.244 e. The van der Waals surface area contributed by atoms with Crippen molar-refractivity contribution in [2.24, 2.45) is 0 Å². The summed E-state index contributed by atoms with van der Waals surface area (Å²) in [6.45, 7) is 2.78. The molecule has 0 fully saturated rings. The van der Waals surface area contributed by atoms with E-state index in [0.29, 0.717) is 16.3 Å². The number of hydrogen-bond acceptors (Lipinski definition) is 2. The van der Waals surface area contributed by atoms with Gasteiger partial charge in [-0.1, -0.05) is 17.7 Å². The number of carbonyl (C=O) groups is 2. The van der Waals surface area contributed by atoms with E-state index >= 15 is 0 Å². The smallest absolute Gasteiger partial charge is 0.244 e. The Labute approximate surface area is 143 Å². The number of nitrogens with zero attached hydrogens (tertiary/aromatic N) is 1. The fourth-order valence-electron chi connectivity index (χ4n) is 2.17. The van der Waals surface area contributed by atoms with Crippen molar-refractivity contribution < 1.29 is 18.4 Å². The Balaban J connectivity index is 2.18. The van der Waals surface area contributed by atoms with E-state index in [1.807, 2.05) is 0 Å². The predicted molar refractivity (Wildman–Crippen MR) is 89.2 cm³/mol. The van der Waals surface area contributed by atoms with Crippen molar-refractivity contribution >= 4 is 34.8 Å². The van der Waals surface area contributed by atoms with Gasteiger partial charge in [0.2, 0.25) is 11.8 Å². The van der Waals surface area contributed by atoms with Crippen LogP contribution in [0.2, 0.25) is 5.02 Å². The van der Waals surface area contributed by atoms with Gasteiger partial charge in [0.1, 0.15) is 6.54 Å². The Morgan fingerprint density at radius 1 is 1.17 bits per heavy atom. The standard InChI is InChI=1S/C17H15ClF2N2O2/c1-10-13(18)4-3-5-16(10)22(11(2)23)9-17(24)21-12-6-7-14(19)15(20)8-12/h3-8H,9H2,1-2H3,(H,21,24). The molecule has 0 atom stereocenters. The lowest BCUT2D eigenvalue weighted by molar-refractivity contribution is -0.120.